The van der Waals surface area contributed by atoms with Crippen LogP contribution in [0.4, 0.5) is 11.4 Å². The van der Waals surface area contributed by atoms with Gasteiger partial charge in [0.2, 0.25) is 0 Å². The van der Waals surface area contributed by atoms with E-state index in [9.17, 15) is 0 Å². The summed E-state index contributed by atoms with van der Waals surface area (Å²) in [7, 11) is 4.10. The topological polar surface area (TPSA) is 29.3 Å². The Morgan fingerprint density at radius 2 is 1.50 bits per heavy atom. The smallest absolute Gasteiger partial charge is 0.0440 e. The summed E-state index contributed by atoms with van der Waals surface area (Å²) in [5, 5.41) is 0. The lowest BCUT2D eigenvalue weighted by Crippen LogP contribution is -2.09. The van der Waals surface area contributed by atoms with Gasteiger partial charge in [-0.15, -0.1) is 0 Å². The van der Waals surface area contributed by atoms with E-state index in [1.54, 1.807) is 0 Å². The molecule has 0 aliphatic rings. The third-order valence-corrected chi connectivity index (χ3v) is 2.61. The fraction of sp³-hybridized carbons (Fsp3) is 0.143. The molecule has 0 spiro atoms. The van der Waals surface area contributed by atoms with Crippen LogP contribution in [0, 0.1) is 0 Å². The first-order valence-electron chi connectivity index (χ1n) is 5.31. The number of nitrogens with two attached hydrogens (primary N) is 1. The van der Waals surface area contributed by atoms with Crippen molar-refractivity contribution < 1.29 is 0 Å². The van der Waals surface area contributed by atoms with E-state index in [4.69, 9.17) is 5.73 Å². The normalized spacial score (nSPS) is 10.1. The molecule has 0 fully saturated rings. The second-order valence-electron chi connectivity index (χ2n) is 4.03. The van der Waals surface area contributed by atoms with Crippen molar-refractivity contribution in [2.45, 2.75) is 0 Å². The number of hydrogen-bond donors (Lipinski definition) is 1. The molecule has 0 heterocycles. The maximum Gasteiger partial charge on any atom is 0.0440 e. The first kappa shape index (κ1) is 10.6. The highest BCUT2D eigenvalue weighted by atomic mass is 15.1. The second kappa shape index (κ2) is 4.27. The summed E-state index contributed by atoms with van der Waals surface area (Å²) < 4.78 is 0. The van der Waals surface area contributed by atoms with E-state index in [-0.39, 0.29) is 0 Å². The van der Waals surface area contributed by atoms with Gasteiger partial charge < -0.3 is 10.6 Å². The molecule has 0 saturated carbocycles. The van der Waals surface area contributed by atoms with E-state index in [0.29, 0.717) is 0 Å². The molecule has 0 amide bonds. The predicted octanol–water partition coefficient (Wildman–Crippen LogP) is 3.00. The van der Waals surface area contributed by atoms with Crippen molar-refractivity contribution in [2.24, 2.45) is 0 Å². The largest absolute Gasteiger partial charge is 0.399 e. The SMILES string of the molecule is CN(C)c1ccccc1-c1ccc(N)cc1. The van der Waals surface area contributed by atoms with Crippen LogP contribution >= 0.6 is 0 Å². The maximum absolute atomic E-state index is 5.69. The molecule has 2 N–H and O–H groups in total. The number of para-hydroxylation sites is 1. The van der Waals surface area contributed by atoms with Gasteiger partial charge in [-0.2, -0.15) is 0 Å². The fourth-order valence-electron chi connectivity index (χ4n) is 1.77. The Kier molecular flexibility index (Phi) is 2.82. The minimum Gasteiger partial charge on any atom is -0.399 e. The Balaban J connectivity index is 2.51. The number of nitrogens with zero attached hydrogens (tertiary/aromatic N) is 1. The molecule has 0 radical (unpaired) electrons. The van der Waals surface area contributed by atoms with E-state index in [2.05, 4.69) is 55.4 Å². The first-order chi connectivity index (χ1) is 7.68. The van der Waals surface area contributed by atoms with Gasteiger partial charge in [0.15, 0.2) is 0 Å². The lowest BCUT2D eigenvalue weighted by Gasteiger charge is -2.17. The van der Waals surface area contributed by atoms with Crippen LogP contribution in [0.3, 0.4) is 0 Å². The van der Waals surface area contributed by atoms with Crippen molar-refractivity contribution >= 4 is 11.4 Å². The van der Waals surface area contributed by atoms with Gasteiger partial charge in [0.1, 0.15) is 0 Å². The van der Waals surface area contributed by atoms with E-state index < -0.39 is 0 Å². The van der Waals surface area contributed by atoms with Gasteiger partial charge in [-0.25, -0.2) is 0 Å². The summed E-state index contributed by atoms with van der Waals surface area (Å²) in [6.07, 6.45) is 0. The molecular weight excluding hydrogens is 196 g/mol. The summed E-state index contributed by atoms with van der Waals surface area (Å²) in [5.41, 5.74) is 10.1. The molecule has 0 aliphatic heterocycles. The van der Waals surface area contributed by atoms with Crippen molar-refractivity contribution in [3.63, 3.8) is 0 Å². The number of benzene rings is 2. The van der Waals surface area contributed by atoms with Gasteiger partial charge >= 0.3 is 0 Å². The molecule has 0 bridgehead atoms. The van der Waals surface area contributed by atoms with E-state index in [1.165, 1.54) is 16.8 Å². The zero-order valence-electron chi connectivity index (χ0n) is 9.64. The summed E-state index contributed by atoms with van der Waals surface area (Å²) in [6, 6.07) is 16.3. The van der Waals surface area contributed by atoms with E-state index in [1.807, 2.05) is 12.1 Å². The van der Waals surface area contributed by atoms with Crippen LogP contribution in [0.15, 0.2) is 48.5 Å². The molecule has 16 heavy (non-hydrogen) atoms. The van der Waals surface area contributed by atoms with Crippen LogP contribution in [0.2, 0.25) is 0 Å². The van der Waals surface area contributed by atoms with Crippen LogP contribution in [0.5, 0.6) is 0 Å². The standard InChI is InChI=1S/C14H16N2/c1-16(2)14-6-4-3-5-13(14)11-7-9-12(15)10-8-11/h3-10H,15H2,1-2H3. The summed E-state index contributed by atoms with van der Waals surface area (Å²) in [4.78, 5) is 2.12. The zero-order chi connectivity index (χ0) is 11.5. The third-order valence-electron chi connectivity index (χ3n) is 2.61. The first-order valence-corrected chi connectivity index (χ1v) is 5.31. The molecule has 2 aromatic carbocycles. The molecule has 82 valence electrons. The molecule has 0 aromatic heterocycles. The highest BCUT2D eigenvalue weighted by Gasteiger charge is 2.05. The third kappa shape index (κ3) is 2.01. The van der Waals surface area contributed by atoms with Crippen molar-refractivity contribution in [3.05, 3.63) is 48.5 Å². The number of anilines is 2. The monoisotopic (exact) mass is 212 g/mol. The summed E-state index contributed by atoms with van der Waals surface area (Å²) in [6.45, 7) is 0. The molecule has 0 unspecified atom stereocenters. The molecule has 0 atom stereocenters. The molecule has 0 saturated heterocycles. The number of nitrogen functional groups attached to an aromatic ring is 1. The quantitative estimate of drug-likeness (QED) is 0.775. The minimum atomic E-state index is 0.797. The van der Waals surface area contributed by atoms with Crippen LogP contribution in [-0.4, -0.2) is 14.1 Å². The highest BCUT2D eigenvalue weighted by molar-refractivity contribution is 5.78. The Labute approximate surface area is 96.3 Å². The van der Waals surface area contributed by atoms with Crippen LogP contribution in [-0.2, 0) is 0 Å². The molecule has 2 rings (SSSR count). The number of rotatable bonds is 2. The fourth-order valence-corrected chi connectivity index (χ4v) is 1.77. The molecule has 2 nitrogen and oxygen atoms in total. The lowest BCUT2D eigenvalue weighted by atomic mass is 10.0. The Hall–Kier alpha value is -1.96. The Morgan fingerprint density at radius 3 is 2.12 bits per heavy atom. The van der Waals surface area contributed by atoms with Crippen molar-refractivity contribution in [3.8, 4) is 11.1 Å². The molecule has 0 aliphatic carbocycles. The van der Waals surface area contributed by atoms with Crippen LogP contribution in [0.1, 0.15) is 0 Å². The van der Waals surface area contributed by atoms with Gasteiger partial charge in [0.05, 0.1) is 0 Å². The van der Waals surface area contributed by atoms with Crippen molar-refractivity contribution in [1.29, 1.82) is 0 Å². The molecule has 2 heteroatoms. The average Bonchev–Trinajstić information content (AvgIpc) is 2.30. The van der Waals surface area contributed by atoms with Crippen LogP contribution in [0.25, 0.3) is 11.1 Å². The maximum atomic E-state index is 5.69. The average molecular weight is 212 g/mol. The predicted molar refractivity (Wildman–Crippen MR) is 70.6 cm³/mol. The Bertz CT molecular complexity index is 472. The second-order valence-corrected chi connectivity index (χ2v) is 4.03. The Morgan fingerprint density at radius 1 is 0.875 bits per heavy atom. The highest BCUT2D eigenvalue weighted by Crippen LogP contribution is 2.29. The molecule has 2 aromatic rings. The van der Waals surface area contributed by atoms with Gasteiger partial charge in [-0.3, -0.25) is 0 Å². The van der Waals surface area contributed by atoms with Gasteiger partial charge in [-0.1, -0.05) is 30.3 Å². The van der Waals surface area contributed by atoms with Crippen LogP contribution < -0.4 is 10.6 Å². The zero-order valence-corrected chi connectivity index (χ0v) is 9.64. The number of hydrogen-bond acceptors (Lipinski definition) is 2. The van der Waals surface area contributed by atoms with E-state index >= 15 is 0 Å². The van der Waals surface area contributed by atoms with Crippen molar-refractivity contribution in [2.75, 3.05) is 24.7 Å². The summed E-state index contributed by atoms with van der Waals surface area (Å²) >= 11 is 0. The van der Waals surface area contributed by atoms with Gasteiger partial charge in [0.25, 0.3) is 0 Å². The molecular formula is C14H16N2. The minimum absolute atomic E-state index is 0.797. The van der Waals surface area contributed by atoms with Gasteiger partial charge in [0, 0.05) is 31.0 Å². The van der Waals surface area contributed by atoms with Crippen molar-refractivity contribution in [1.82, 2.24) is 0 Å². The van der Waals surface area contributed by atoms with Gasteiger partial charge in [-0.05, 0) is 23.8 Å². The summed E-state index contributed by atoms with van der Waals surface area (Å²) in [5.74, 6) is 0. The van der Waals surface area contributed by atoms with E-state index in [0.717, 1.165) is 5.69 Å². The lowest BCUT2D eigenvalue weighted by molar-refractivity contribution is 1.13.